The summed E-state index contributed by atoms with van der Waals surface area (Å²) < 4.78 is 0. The Morgan fingerprint density at radius 2 is 1.83 bits per heavy atom. The Kier molecular flexibility index (Phi) is 3.22. The fourth-order valence-corrected chi connectivity index (χ4v) is 1.01. The third kappa shape index (κ3) is 2.04. The summed E-state index contributed by atoms with van der Waals surface area (Å²) in [5.41, 5.74) is 6.47. The van der Waals surface area contributed by atoms with Gasteiger partial charge in [0.05, 0.1) is 18.8 Å². The summed E-state index contributed by atoms with van der Waals surface area (Å²) in [5.74, 6) is 0. The molecule has 0 bridgehead atoms. The molecule has 0 saturated carbocycles. The minimum absolute atomic E-state index is 0.309. The van der Waals surface area contributed by atoms with E-state index in [1.807, 2.05) is 30.3 Å². The van der Waals surface area contributed by atoms with Crippen molar-refractivity contribution in [1.82, 2.24) is 0 Å². The molecule has 12 heavy (non-hydrogen) atoms. The molecule has 0 aromatic heterocycles. The van der Waals surface area contributed by atoms with Crippen LogP contribution in [0, 0.1) is 0 Å². The van der Waals surface area contributed by atoms with Crippen molar-refractivity contribution in [3.05, 3.63) is 35.9 Å². The van der Waals surface area contributed by atoms with Gasteiger partial charge in [-0.3, -0.25) is 0 Å². The highest BCUT2D eigenvalue weighted by atomic mass is 16.3. The van der Waals surface area contributed by atoms with Gasteiger partial charge >= 0.3 is 0 Å². The molecule has 0 spiro atoms. The fraction of sp³-hybridized carbons (Fsp3) is 0.333. The molecule has 0 heterocycles. The molecule has 3 heteroatoms. The van der Waals surface area contributed by atoms with Crippen LogP contribution in [0.25, 0.3) is 0 Å². The zero-order valence-electron chi connectivity index (χ0n) is 6.72. The molecule has 2 atom stereocenters. The molecule has 1 aromatic rings. The van der Waals surface area contributed by atoms with E-state index in [0.29, 0.717) is 0 Å². The lowest BCUT2D eigenvalue weighted by Gasteiger charge is -2.16. The van der Waals surface area contributed by atoms with E-state index in [0.717, 1.165) is 5.56 Å². The highest BCUT2D eigenvalue weighted by Crippen LogP contribution is 2.12. The van der Waals surface area contributed by atoms with Crippen LogP contribution < -0.4 is 5.73 Å². The molecule has 1 rings (SSSR count). The smallest absolute Gasteiger partial charge is 0.0962 e. The second kappa shape index (κ2) is 4.21. The van der Waals surface area contributed by atoms with E-state index in [9.17, 15) is 5.11 Å². The van der Waals surface area contributed by atoms with Crippen molar-refractivity contribution in [2.75, 3.05) is 6.61 Å². The summed E-state index contributed by atoms with van der Waals surface area (Å²) in [6.45, 7) is -0.309. The number of benzene rings is 1. The van der Waals surface area contributed by atoms with Gasteiger partial charge < -0.3 is 15.9 Å². The van der Waals surface area contributed by atoms with E-state index >= 15 is 0 Å². The van der Waals surface area contributed by atoms with Crippen molar-refractivity contribution in [3.63, 3.8) is 0 Å². The molecule has 0 aliphatic rings. The summed E-state index contributed by atoms with van der Waals surface area (Å²) in [5, 5.41) is 17.8. The van der Waals surface area contributed by atoms with Gasteiger partial charge in [0, 0.05) is 0 Å². The molecule has 0 aliphatic carbocycles. The third-order valence-electron chi connectivity index (χ3n) is 1.79. The zero-order chi connectivity index (χ0) is 8.97. The van der Waals surface area contributed by atoms with Gasteiger partial charge in [0.2, 0.25) is 0 Å². The monoisotopic (exact) mass is 167 g/mol. The van der Waals surface area contributed by atoms with Crippen LogP contribution in [0.2, 0.25) is 0 Å². The van der Waals surface area contributed by atoms with Crippen molar-refractivity contribution < 1.29 is 10.2 Å². The first-order chi connectivity index (χ1) is 5.75. The van der Waals surface area contributed by atoms with Crippen LogP contribution in [0.5, 0.6) is 0 Å². The quantitative estimate of drug-likeness (QED) is 0.595. The normalized spacial score (nSPS) is 15.6. The molecule has 0 radical (unpaired) electrons. The van der Waals surface area contributed by atoms with Crippen LogP contribution in [-0.4, -0.2) is 22.9 Å². The third-order valence-corrected chi connectivity index (χ3v) is 1.79. The van der Waals surface area contributed by atoms with Crippen molar-refractivity contribution in [2.45, 2.75) is 12.1 Å². The Balaban J connectivity index is 2.71. The predicted octanol–water partition coefficient (Wildman–Crippen LogP) is 0.0396. The Morgan fingerprint density at radius 1 is 1.25 bits per heavy atom. The summed E-state index contributed by atoms with van der Waals surface area (Å²) in [7, 11) is 0. The highest BCUT2D eigenvalue weighted by Gasteiger charge is 2.14. The largest absolute Gasteiger partial charge is 0.394 e. The van der Waals surface area contributed by atoms with Crippen molar-refractivity contribution in [1.29, 1.82) is 0 Å². The van der Waals surface area contributed by atoms with Crippen LogP contribution in [0.15, 0.2) is 30.3 Å². The van der Waals surface area contributed by atoms with Gasteiger partial charge in [-0.05, 0) is 5.56 Å². The lowest BCUT2D eigenvalue weighted by Crippen LogP contribution is -2.28. The van der Waals surface area contributed by atoms with Crippen LogP contribution in [-0.2, 0) is 0 Å². The molecule has 0 aliphatic heterocycles. The van der Waals surface area contributed by atoms with Gasteiger partial charge in [-0.2, -0.15) is 0 Å². The number of aliphatic hydroxyl groups excluding tert-OH is 2. The summed E-state index contributed by atoms with van der Waals surface area (Å²) in [6, 6.07) is 8.71. The van der Waals surface area contributed by atoms with Crippen molar-refractivity contribution >= 4 is 0 Å². The van der Waals surface area contributed by atoms with Crippen LogP contribution in [0.4, 0.5) is 0 Å². The summed E-state index contributed by atoms with van der Waals surface area (Å²) in [4.78, 5) is 0. The van der Waals surface area contributed by atoms with Gasteiger partial charge in [-0.15, -0.1) is 0 Å². The first-order valence-corrected chi connectivity index (χ1v) is 3.85. The number of rotatable bonds is 3. The summed E-state index contributed by atoms with van der Waals surface area (Å²) >= 11 is 0. The number of hydrogen-bond acceptors (Lipinski definition) is 3. The molecule has 66 valence electrons. The Bertz CT molecular complexity index is 225. The first-order valence-electron chi connectivity index (χ1n) is 3.85. The second-order valence-corrected chi connectivity index (χ2v) is 2.69. The van der Waals surface area contributed by atoms with E-state index in [1.54, 1.807) is 0 Å². The Hall–Kier alpha value is -0.900. The van der Waals surface area contributed by atoms with Gasteiger partial charge in [0.15, 0.2) is 0 Å². The first kappa shape index (κ1) is 9.19. The maximum absolute atomic E-state index is 9.20. The van der Waals surface area contributed by atoms with E-state index < -0.39 is 12.1 Å². The number of hydrogen-bond donors (Lipinski definition) is 3. The van der Waals surface area contributed by atoms with E-state index in [1.165, 1.54) is 0 Å². The lowest BCUT2D eigenvalue weighted by molar-refractivity contribution is 0.0741. The molecule has 0 saturated heterocycles. The van der Waals surface area contributed by atoms with Gasteiger partial charge in [0.25, 0.3) is 0 Å². The van der Waals surface area contributed by atoms with Gasteiger partial charge in [-0.1, -0.05) is 30.3 Å². The topological polar surface area (TPSA) is 66.5 Å². The zero-order valence-corrected chi connectivity index (χ0v) is 6.72. The summed E-state index contributed by atoms with van der Waals surface area (Å²) in [6.07, 6.45) is -0.882. The molecule has 0 unspecified atom stereocenters. The number of nitrogens with two attached hydrogens (primary N) is 1. The van der Waals surface area contributed by atoms with Gasteiger partial charge in [0.1, 0.15) is 0 Å². The SMILES string of the molecule is N[C@@H](c1ccccc1)[C@@H](O)CO. The highest BCUT2D eigenvalue weighted by molar-refractivity contribution is 5.19. The maximum atomic E-state index is 9.20. The average Bonchev–Trinajstić information content (AvgIpc) is 2.17. The minimum Gasteiger partial charge on any atom is -0.394 e. The standard InChI is InChI=1S/C9H13NO2/c10-9(8(12)6-11)7-4-2-1-3-5-7/h1-5,8-9,11-12H,6,10H2/t8-,9-/m0/s1. The van der Waals surface area contributed by atoms with E-state index in [4.69, 9.17) is 10.8 Å². The van der Waals surface area contributed by atoms with E-state index in [-0.39, 0.29) is 6.61 Å². The molecule has 0 fully saturated rings. The molecular formula is C9H13NO2. The van der Waals surface area contributed by atoms with Crippen molar-refractivity contribution in [3.8, 4) is 0 Å². The Labute approximate surface area is 71.5 Å². The molecule has 0 amide bonds. The lowest BCUT2D eigenvalue weighted by atomic mass is 10.0. The molecule has 3 nitrogen and oxygen atoms in total. The van der Waals surface area contributed by atoms with Crippen molar-refractivity contribution in [2.24, 2.45) is 5.73 Å². The van der Waals surface area contributed by atoms with Crippen LogP contribution in [0.3, 0.4) is 0 Å². The van der Waals surface area contributed by atoms with Gasteiger partial charge in [-0.25, -0.2) is 0 Å². The molecule has 1 aromatic carbocycles. The molecular weight excluding hydrogens is 154 g/mol. The number of aliphatic hydroxyl groups is 2. The van der Waals surface area contributed by atoms with Crippen LogP contribution >= 0.6 is 0 Å². The average molecular weight is 167 g/mol. The van der Waals surface area contributed by atoms with Crippen LogP contribution in [0.1, 0.15) is 11.6 Å². The molecule has 4 N–H and O–H groups in total. The Morgan fingerprint density at radius 3 is 2.33 bits per heavy atom. The van der Waals surface area contributed by atoms with E-state index in [2.05, 4.69) is 0 Å². The fourth-order valence-electron chi connectivity index (χ4n) is 1.01. The minimum atomic E-state index is -0.882. The second-order valence-electron chi connectivity index (χ2n) is 2.69. The predicted molar refractivity (Wildman–Crippen MR) is 46.5 cm³/mol. The maximum Gasteiger partial charge on any atom is 0.0962 e.